The van der Waals surface area contributed by atoms with Gasteiger partial charge in [0, 0.05) is 13.2 Å². The molecule has 2 aromatic rings. The SMILES string of the molecule is OCCc1cc(Br)c(O)c(Br)c1.OCCc1cc(Br)c(O)c(Br)c1. The molecule has 4 N–H and O–H groups in total. The molecule has 0 amide bonds. The number of benzene rings is 2. The second kappa shape index (κ2) is 10.8. The number of rotatable bonds is 4. The summed E-state index contributed by atoms with van der Waals surface area (Å²) < 4.78 is 2.56. The van der Waals surface area contributed by atoms with Crippen LogP contribution in [0.2, 0.25) is 0 Å². The molecule has 0 unspecified atom stereocenters. The van der Waals surface area contributed by atoms with Crippen molar-refractivity contribution in [1.29, 1.82) is 0 Å². The van der Waals surface area contributed by atoms with Crippen LogP contribution in [-0.4, -0.2) is 33.6 Å². The maximum absolute atomic E-state index is 9.34. The Morgan fingerprint density at radius 2 is 0.833 bits per heavy atom. The normalized spacial score (nSPS) is 10.2. The number of aliphatic hydroxyl groups excluding tert-OH is 2. The summed E-state index contributed by atoms with van der Waals surface area (Å²) in [6, 6.07) is 7.15. The van der Waals surface area contributed by atoms with Gasteiger partial charge in [0.1, 0.15) is 11.5 Å². The summed E-state index contributed by atoms with van der Waals surface area (Å²) in [7, 11) is 0. The third-order valence-corrected chi connectivity index (χ3v) is 5.37. The Morgan fingerprint density at radius 3 is 1.04 bits per heavy atom. The van der Waals surface area contributed by atoms with Gasteiger partial charge in [0.2, 0.25) is 0 Å². The van der Waals surface area contributed by atoms with E-state index in [9.17, 15) is 10.2 Å². The van der Waals surface area contributed by atoms with Crippen molar-refractivity contribution in [3.8, 4) is 11.5 Å². The Balaban J connectivity index is 0.000000240. The summed E-state index contributed by atoms with van der Waals surface area (Å²) in [5.41, 5.74) is 1.96. The predicted octanol–water partition coefficient (Wildman–Crippen LogP) is 4.90. The van der Waals surface area contributed by atoms with Crippen LogP contribution in [0.25, 0.3) is 0 Å². The fourth-order valence-electron chi connectivity index (χ4n) is 1.78. The van der Waals surface area contributed by atoms with Gasteiger partial charge < -0.3 is 20.4 Å². The summed E-state index contributed by atoms with van der Waals surface area (Å²) in [5.74, 6) is 0.383. The lowest BCUT2D eigenvalue weighted by Crippen LogP contribution is -1.90. The summed E-state index contributed by atoms with van der Waals surface area (Å²) >= 11 is 12.8. The fourth-order valence-corrected chi connectivity index (χ4v) is 4.35. The molecule has 0 aliphatic rings. The Kier molecular flexibility index (Phi) is 9.84. The quantitative estimate of drug-likeness (QED) is 0.408. The highest BCUT2D eigenvalue weighted by Gasteiger charge is 2.05. The lowest BCUT2D eigenvalue weighted by atomic mass is 10.1. The van der Waals surface area contributed by atoms with Crippen molar-refractivity contribution < 1.29 is 20.4 Å². The molecule has 0 aliphatic carbocycles. The zero-order valence-electron chi connectivity index (χ0n) is 12.4. The number of hydrogen-bond acceptors (Lipinski definition) is 4. The molecular weight excluding hydrogens is 576 g/mol. The van der Waals surface area contributed by atoms with Crippen molar-refractivity contribution in [2.75, 3.05) is 13.2 Å². The first-order valence-corrected chi connectivity index (χ1v) is 10.0. The molecule has 0 saturated heterocycles. The number of aliphatic hydroxyl groups is 2. The molecule has 24 heavy (non-hydrogen) atoms. The van der Waals surface area contributed by atoms with Crippen LogP contribution in [0.3, 0.4) is 0 Å². The van der Waals surface area contributed by atoms with Gasteiger partial charge in [-0.3, -0.25) is 0 Å². The highest BCUT2D eigenvalue weighted by atomic mass is 79.9. The van der Waals surface area contributed by atoms with Gasteiger partial charge in [0.05, 0.1) is 17.9 Å². The lowest BCUT2D eigenvalue weighted by molar-refractivity contribution is 0.299. The Hall–Kier alpha value is -0.120. The second-order valence-corrected chi connectivity index (χ2v) is 8.18. The summed E-state index contributed by atoms with van der Waals surface area (Å²) in [6.07, 6.45) is 1.19. The minimum atomic E-state index is 0.115. The third-order valence-electron chi connectivity index (χ3n) is 2.95. The molecule has 0 saturated carbocycles. The smallest absolute Gasteiger partial charge is 0.143 e. The van der Waals surface area contributed by atoms with E-state index < -0.39 is 0 Å². The molecule has 132 valence electrons. The van der Waals surface area contributed by atoms with E-state index in [1.807, 2.05) is 0 Å². The first-order valence-electron chi connectivity index (χ1n) is 6.85. The van der Waals surface area contributed by atoms with Crippen molar-refractivity contribution >= 4 is 63.7 Å². The van der Waals surface area contributed by atoms with Gasteiger partial charge in [-0.15, -0.1) is 0 Å². The maximum Gasteiger partial charge on any atom is 0.143 e. The average molecular weight is 592 g/mol. The molecule has 0 aliphatic heterocycles. The van der Waals surface area contributed by atoms with Crippen LogP contribution in [0, 0.1) is 0 Å². The van der Waals surface area contributed by atoms with Crippen LogP contribution < -0.4 is 0 Å². The Bertz CT molecular complexity index is 586. The van der Waals surface area contributed by atoms with Gasteiger partial charge in [-0.1, -0.05) is 0 Å². The zero-order valence-corrected chi connectivity index (χ0v) is 18.8. The van der Waals surface area contributed by atoms with Crippen LogP contribution in [0.4, 0.5) is 0 Å². The highest BCUT2D eigenvalue weighted by Crippen LogP contribution is 2.34. The van der Waals surface area contributed by atoms with E-state index in [4.69, 9.17) is 10.2 Å². The van der Waals surface area contributed by atoms with Crippen LogP contribution in [0.5, 0.6) is 11.5 Å². The number of hydrogen-bond donors (Lipinski definition) is 4. The van der Waals surface area contributed by atoms with Gasteiger partial charge in [0.25, 0.3) is 0 Å². The van der Waals surface area contributed by atoms with Gasteiger partial charge in [-0.05, 0) is 112 Å². The van der Waals surface area contributed by atoms with Crippen molar-refractivity contribution in [2.24, 2.45) is 0 Å². The molecule has 0 atom stereocenters. The largest absolute Gasteiger partial charge is 0.506 e. The van der Waals surface area contributed by atoms with E-state index in [0.717, 1.165) is 11.1 Å². The van der Waals surface area contributed by atoms with E-state index >= 15 is 0 Å². The number of halogens is 4. The van der Waals surface area contributed by atoms with E-state index in [1.54, 1.807) is 24.3 Å². The topological polar surface area (TPSA) is 80.9 Å². The zero-order chi connectivity index (χ0) is 18.3. The fraction of sp³-hybridized carbons (Fsp3) is 0.250. The molecule has 0 spiro atoms. The highest BCUT2D eigenvalue weighted by molar-refractivity contribution is 9.11. The molecule has 2 rings (SSSR count). The standard InChI is InChI=1S/2C8H8Br2O2/c2*9-6-3-5(1-2-11)4-7(10)8(6)12/h2*3-4,11-12H,1-2H2. The first kappa shape index (κ1) is 21.9. The van der Waals surface area contributed by atoms with E-state index in [1.165, 1.54) is 0 Å². The van der Waals surface area contributed by atoms with Gasteiger partial charge in [-0.25, -0.2) is 0 Å². The van der Waals surface area contributed by atoms with Gasteiger partial charge in [0.15, 0.2) is 0 Å². The molecule has 8 heteroatoms. The third kappa shape index (κ3) is 6.65. The number of phenolic OH excluding ortho intramolecular Hbond substituents is 2. The lowest BCUT2D eigenvalue weighted by Gasteiger charge is -2.03. The second-order valence-electron chi connectivity index (χ2n) is 4.76. The van der Waals surface area contributed by atoms with E-state index in [-0.39, 0.29) is 24.7 Å². The Morgan fingerprint density at radius 1 is 0.583 bits per heavy atom. The molecule has 0 bridgehead atoms. The average Bonchev–Trinajstić information content (AvgIpc) is 2.51. The van der Waals surface area contributed by atoms with Crippen LogP contribution >= 0.6 is 63.7 Å². The summed E-state index contributed by atoms with van der Waals surface area (Å²) in [4.78, 5) is 0. The number of phenols is 2. The minimum absolute atomic E-state index is 0.115. The summed E-state index contributed by atoms with van der Waals surface area (Å²) in [5, 5.41) is 36.0. The van der Waals surface area contributed by atoms with Crippen LogP contribution in [0.15, 0.2) is 42.2 Å². The Labute approximate surface area is 174 Å². The predicted molar refractivity (Wildman–Crippen MR) is 109 cm³/mol. The monoisotopic (exact) mass is 588 g/mol. The number of aromatic hydroxyl groups is 2. The summed E-state index contributed by atoms with van der Waals surface area (Å²) in [6.45, 7) is 0.229. The molecule has 0 fully saturated rings. The molecular formula is C16H16Br4O4. The molecule has 0 heterocycles. The minimum Gasteiger partial charge on any atom is -0.506 e. The molecule has 0 radical (unpaired) electrons. The van der Waals surface area contributed by atoms with Gasteiger partial charge >= 0.3 is 0 Å². The van der Waals surface area contributed by atoms with Crippen LogP contribution in [0.1, 0.15) is 11.1 Å². The van der Waals surface area contributed by atoms with Crippen molar-refractivity contribution in [3.05, 3.63) is 53.3 Å². The first-order chi connectivity index (χ1) is 11.3. The molecule has 0 aromatic heterocycles. The van der Waals surface area contributed by atoms with Crippen molar-refractivity contribution in [1.82, 2.24) is 0 Å². The van der Waals surface area contributed by atoms with E-state index in [2.05, 4.69) is 63.7 Å². The van der Waals surface area contributed by atoms with E-state index in [0.29, 0.717) is 30.7 Å². The van der Waals surface area contributed by atoms with Crippen molar-refractivity contribution in [3.63, 3.8) is 0 Å². The molecule has 2 aromatic carbocycles. The maximum atomic E-state index is 9.34. The van der Waals surface area contributed by atoms with Crippen molar-refractivity contribution in [2.45, 2.75) is 12.8 Å². The van der Waals surface area contributed by atoms with Crippen LogP contribution in [-0.2, 0) is 12.8 Å². The van der Waals surface area contributed by atoms with Gasteiger partial charge in [-0.2, -0.15) is 0 Å². The molecule has 4 nitrogen and oxygen atoms in total.